The van der Waals surface area contributed by atoms with Gasteiger partial charge < -0.3 is 4.90 Å². The van der Waals surface area contributed by atoms with E-state index < -0.39 is 0 Å². The third-order valence-corrected chi connectivity index (χ3v) is 5.73. The number of hydrogen-bond acceptors (Lipinski definition) is 5. The second kappa shape index (κ2) is 9.08. The zero-order valence-electron chi connectivity index (χ0n) is 16.3. The van der Waals surface area contributed by atoms with Gasteiger partial charge in [-0.05, 0) is 38.2 Å². The first-order chi connectivity index (χ1) is 13.4. The van der Waals surface area contributed by atoms with E-state index >= 15 is 0 Å². The highest BCUT2D eigenvalue weighted by Gasteiger charge is 2.24. The van der Waals surface area contributed by atoms with E-state index in [4.69, 9.17) is 44.9 Å². The molecule has 9 heteroatoms. The second-order valence-corrected chi connectivity index (χ2v) is 8.46. The molecule has 28 heavy (non-hydrogen) atoms. The van der Waals surface area contributed by atoms with Gasteiger partial charge in [-0.1, -0.05) is 48.7 Å². The average Bonchev–Trinajstić information content (AvgIpc) is 2.98. The molecule has 1 aromatic carbocycles. The molecule has 0 saturated heterocycles. The first kappa shape index (κ1) is 21.5. The van der Waals surface area contributed by atoms with E-state index in [0.29, 0.717) is 32.2 Å². The molecule has 3 rings (SSSR count). The fourth-order valence-electron chi connectivity index (χ4n) is 3.20. The largest absolute Gasteiger partial charge is 0.356 e. The van der Waals surface area contributed by atoms with Crippen molar-refractivity contribution in [1.29, 1.82) is 0 Å². The molecule has 0 bridgehead atoms. The van der Waals surface area contributed by atoms with Gasteiger partial charge in [-0.2, -0.15) is 5.10 Å². The Bertz CT molecular complexity index is 976. The van der Waals surface area contributed by atoms with Gasteiger partial charge in [0.1, 0.15) is 22.4 Å². The van der Waals surface area contributed by atoms with Crippen molar-refractivity contribution in [3.63, 3.8) is 0 Å². The minimum atomic E-state index is 0.423. The Labute approximate surface area is 184 Å². The van der Waals surface area contributed by atoms with Gasteiger partial charge in [-0.25, -0.2) is 14.6 Å². The topological polar surface area (TPSA) is 46.8 Å². The highest BCUT2D eigenvalue weighted by atomic mass is 35.5. The number of hydrogen-bond donors (Lipinski definition) is 0. The van der Waals surface area contributed by atoms with E-state index in [1.54, 1.807) is 28.6 Å². The number of benzene rings is 1. The van der Waals surface area contributed by atoms with Crippen LogP contribution in [0, 0.1) is 6.92 Å². The Morgan fingerprint density at radius 2 is 1.64 bits per heavy atom. The molecule has 0 amide bonds. The molecule has 0 saturated carbocycles. The number of thioether (sulfide) groups is 1. The van der Waals surface area contributed by atoms with Crippen LogP contribution >= 0.6 is 46.6 Å². The molecular formula is C19H22Cl3N5S. The highest BCUT2D eigenvalue weighted by Crippen LogP contribution is 2.38. The lowest BCUT2D eigenvalue weighted by atomic mass is 10.3. The minimum absolute atomic E-state index is 0.423. The summed E-state index contributed by atoms with van der Waals surface area (Å²) in [4.78, 5) is 11.8. The third-order valence-electron chi connectivity index (χ3n) is 4.26. The molecule has 0 fully saturated rings. The number of aryl methyl sites for hydroxylation is 1. The Morgan fingerprint density at radius 3 is 2.18 bits per heavy atom. The van der Waals surface area contributed by atoms with Crippen LogP contribution in [0.5, 0.6) is 0 Å². The van der Waals surface area contributed by atoms with Crippen molar-refractivity contribution < 1.29 is 0 Å². The second-order valence-electron chi connectivity index (χ2n) is 6.42. The zero-order valence-corrected chi connectivity index (χ0v) is 19.3. The summed E-state index contributed by atoms with van der Waals surface area (Å²) in [5.41, 5.74) is 1.26. The zero-order chi connectivity index (χ0) is 20.4. The lowest BCUT2D eigenvalue weighted by Crippen LogP contribution is -2.26. The Balaban J connectivity index is 2.34. The van der Waals surface area contributed by atoms with Gasteiger partial charge in [0.2, 0.25) is 0 Å². The third kappa shape index (κ3) is 4.06. The molecule has 5 nitrogen and oxygen atoms in total. The van der Waals surface area contributed by atoms with E-state index in [9.17, 15) is 0 Å². The van der Waals surface area contributed by atoms with Gasteiger partial charge >= 0.3 is 0 Å². The maximum atomic E-state index is 6.47. The molecule has 0 spiro atoms. The fourth-order valence-corrected chi connectivity index (χ4v) is 4.73. The van der Waals surface area contributed by atoms with Crippen LogP contribution in [-0.2, 0) is 0 Å². The van der Waals surface area contributed by atoms with Gasteiger partial charge in [0.15, 0.2) is 5.65 Å². The van der Waals surface area contributed by atoms with E-state index in [-0.39, 0.29) is 0 Å². The summed E-state index contributed by atoms with van der Waals surface area (Å²) in [5.74, 6) is 1.58. The summed E-state index contributed by atoms with van der Waals surface area (Å²) >= 11 is 20.6. The fraction of sp³-hybridized carbons (Fsp3) is 0.421. The van der Waals surface area contributed by atoms with Crippen LogP contribution in [0.2, 0.25) is 15.1 Å². The summed E-state index contributed by atoms with van der Waals surface area (Å²) in [6, 6.07) is 3.32. The Hall–Kier alpha value is -1.21. The predicted molar refractivity (Wildman–Crippen MR) is 121 cm³/mol. The Kier molecular flexibility index (Phi) is 6.97. The van der Waals surface area contributed by atoms with Gasteiger partial charge in [-0.3, -0.25) is 0 Å². The van der Waals surface area contributed by atoms with Crippen LogP contribution in [0.4, 0.5) is 5.82 Å². The maximum Gasteiger partial charge on any atom is 0.170 e. The quantitative estimate of drug-likeness (QED) is 0.382. The van der Waals surface area contributed by atoms with Crippen LogP contribution in [0.1, 0.15) is 32.5 Å². The average molecular weight is 459 g/mol. The number of fused-ring (bicyclic) bond motifs is 1. The molecule has 0 radical (unpaired) electrons. The van der Waals surface area contributed by atoms with Crippen LogP contribution in [0.3, 0.4) is 0 Å². The Morgan fingerprint density at radius 1 is 1.04 bits per heavy atom. The number of halogens is 3. The van der Waals surface area contributed by atoms with Crippen LogP contribution < -0.4 is 4.90 Å². The van der Waals surface area contributed by atoms with Crippen molar-refractivity contribution in [3.8, 4) is 5.69 Å². The maximum absolute atomic E-state index is 6.47. The van der Waals surface area contributed by atoms with Gasteiger partial charge in [0.25, 0.3) is 0 Å². The predicted octanol–water partition coefficient (Wildman–Crippen LogP) is 6.43. The van der Waals surface area contributed by atoms with E-state index in [2.05, 4.69) is 23.7 Å². The van der Waals surface area contributed by atoms with Crippen molar-refractivity contribution >= 4 is 63.4 Å². The van der Waals surface area contributed by atoms with Crippen molar-refractivity contribution in [2.24, 2.45) is 0 Å². The number of aromatic nitrogens is 4. The monoisotopic (exact) mass is 457 g/mol. The molecule has 3 aromatic rings. The minimum Gasteiger partial charge on any atom is -0.356 e. The lowest BCUT2D eigenvalue weighted by Gasteiger charge is -2.23. The molecule has 0 aliphatic rings. The van der Waals surface area contributed by atoms with Crippen LogP contribution in [-0.4, -0.2) is 39.1 Å². The molecule has 0 unspecified atom stereocenters. The van der Waals surface area contributed by atoms with E-state index in [1.807, 2.05) is 13.2 Å². The first-order valence-electron chi connectivity index (χ1n) is 9.12. The standard InChI is InChI=1S/C19H22Cl3N5S/c1-5-7-26(8-6-2)17-15-18(24-11(3)23-17)27(25-19(15)28-4)16-13(21)9-12(20)10-14(16)22/h9-10H,5-8H2,1-4H3. The van der Waals surface area contributed by atoms with E-state index in [0.717, 1.165) is 42.2 Å². The molecule has 150 valence electrons. The van der Waals surface area contributed by atoms with Crippen molar-refractivity contribution in [3.05, 3.63) is 33.0 Å². The highest BCUT2D eigenvalue weighted by molar-refractivity contribution is 7.98. The normalized spacial score (nSPS) is 11.4. The van der Waals surface area contributed by atoms with Gasteiger partial charge in [-0.15, -0.1) is 11.8 Å². The van der Waals surface area contributed by atoms with Crippen molar-refractivity contribution in [2.75, 3.05) is 24.2 Å². The molecule has 0 aliphatic carbocycles. The lowest BCUT2D eigenvalue weighted by molar-refractivity contribution is 0.734. The first-order valence-corrected chi connectivity index (χ1v) is 11.5. The summed E-state index contributed by atoms with van der Waals surface area (Å²) < 4.78 is 1.70. The van der Waals surface area contributed by atoms with Crippen molar-refractivity contribution in [2.45, 2.75) is 38.6 Å². The van der Waals surface area contributed by atoms with Gasteiger partial charge in [0.05, 0.1) is 15.4 Å². The molecule has 0 atom stereocenters. The van der Waals surface area contributed by atoms with Crippen LogP contribution in [0.15, 0.2) is 17.2 Å². The van der Waals surface area contributed by atoms with Gasteiger partial charge in [0, 0.05) is 18.1 Å². The van der Waals surface area contributed by atoms with Crippen molar-refractivity contribution in [1.82, 2.24) is 19.7 Å². The molecule has 0 aliphatic heterocycles. The summed E-state index contributed by atoms with van der Waals surface area (Å²) in [7, 11) is 0. The summed E-state index contributed by atoms with van der Waals surface area (Å²) in [6.07, 6.45) is 4.05. The number of anilines is 1. The van der Waals surface area contributed by atoms with Crippen LogP contribution in [0.25, 0.3) is 16.7 Å². The summed E-state index contributed by atoms with van der Waals surface area (Å²) in [6.45, 7) is 8.06. The smallest absolute Gasteiger partial charge is 0.170 e. The summed E-state index contributed by atoms with van der Waals surface area (Å²) in [5, 5.41) is 7.85. The number of rotatable bonds is 7. The SMILES string of the molecule is CCCN(CCC)c1nc(C)nc2c1c(SC)nn2-c1c(Cl)cc(Cl)cc1Cl. The molecule has 2 aromatic heterocycles. The number of nitrogens with zero attached hydrogens (tertiary/aromatic N) is 5. The molecule has 2 heterocycles. The van der Waals surface area contributed by atoms with E-state index in [1.165, 1.54) is 0 Å². The molecule has 0 N–H and O–H groups in total. The molecular weight excluding hydrogens is 437 g/mol.